The van der Waals surface area contributed by atoms with E-state index in [2.05, 4.69) is 206 Å². The van der Waals surface area contributed by atoms with E-state index in [9.17, 15) is 0 Å². The molecule has 0 atom stereocenters. The molecule has 0 fully saturated rings. The third-order valence-electron chi connectivity index (χ3n) is 12.0. The highest BCUT2D eigenvalue weighted by Gasteiger charge is 2.18. The number of benzene rings is 11. The molecule has 0 radical (unpaired) electrons. The maximum absolute atomic E-state index is 2.41. The minimum atomic E-state index is 1.22. The molecule has 0 bridgehead atoms. The smallest absolute Gasteiger partial charge is 0.0440 e. The molecule has 0 aliphatic heterocycles. The van der Waals surface area contributed by atoms with Crippen molar-refractivity contribution >= 4 is 85.4 Å². The molecule has 0 aliphatic rings. The third-order valence-corrected chi connectivity index (χ3v) is 13.2. The van der Waals surface area contributed by atoms with Crippen molar-refractivity contribution in [2.75, 3.05) is 0 Å². The van der Waals surface area contributed by atoms with Gasteiger partial charge >= 0.3 is 0 Å². The summed E-state index contributed by atoms with van der Waals surface area (Å²) in [7, 11) is 0. The molecule has 0 spiro atoms. The van der Waals surface area contributed by atoms with Crippen LogP contribution < -0.4 is 0 Å². The molecule has 1 aromatic heterocycles. The monoisotopic (exact) mass is 738 g/mol. The maximum Gasteiger partial charge on any atom is 0.0440 e. The number of fused-ring (bicyclic) bond motifs is 11. The summed E-state index contributed by atoms with van der Waals surface area (Å²) >= 11 is 1.92. The van der Waals surface area contributed by atoms with Crippen LogP contribution in [0.5, 0.6) is 0 Å². The summed E-state index contributed by atoms with van der Waals surface area (Å²) in [4.78, 5) is 0. The number of hydrogen-bond acceptors (Lipinski definition) is 1. The van der Waals surface area contributed by atoms with Crippen LogP contribution in [-0.2, 0) is 0 Å². The van der Waals surface area contributed by atoms with Gasteiger partial charge in [-0.1, -0.05) is 194 Å². The Labute approximate surface area is 334 Å². The van der Waals surface area contributed by atoms with E-state index in [1.54, 1.807) is 0 Å². The van der Waals surface area contributed by atoms with Gasteiger partial charge in [0.2, 0.25) is 0 Å². The van der Waals surface area contributed by atoms with Crippen LogP contribution in [-0.4, -0.2) is 0 Å². The first-order valence-electron chi connectivity index (χ1n) is 19.7. The zero-order chi connectivity index (χ0) is 37.5. The first-order chi connectivity index (χ1) is 28.3. The Morgan fingerprint density at radius 3 is 1.44 bits per heavy atom. The van der Waals surface area contributed by atoms with E-state index in [0.29, 0.717) is 0 Å². The van der Waals surface area contributed by atoms with Gasteiger partial charge in [0.15, 0.2) is 0 Å². The van der Waals surface area contributed by atoms with Crippen LogP contribution in [0.2, 0.25) is 0 Å². The Balaban J connectivity index is 1.01. The predicted octanol–water partition coefficient (Wildman–Crippen LogP) is 16.5. The van der Waals surface area contributed by atoms with Gasteiger partial charge in [-0.05, 0) is 105 Å². The highest BCUT2D eigenvalue weighted by molar-refractivity contribution is 7.27. The van der Waals surface area contributed by atoms with Gasteiger partial charge in [0, 0.05) is 25.6 Å². The molecule has 0 nitrogen and oxygen atoms in total. The summed E-state index contributed by atoms with van der Waals surface area (Å²) in [6, 6.07) is 76.3. The summed E-state index contributed by atoms with van der Waals surface area (Å²) in [5, 5.41) is 15.6. The Hall–Kier alpha value is -7.06. The maximum atomic E-state index is 2.41. The van der Waals surface area contributed by atoms with E-state index in [1.165, 1.54) is 119 Å². The van der Waals surface area contributed by atoms with Crippen LogP contribution in [0.3, 0.4) is 0 Å². The summed E-state index contributed by atoms with van der Waals surface area (Å²) in [5.41, 5.74) is 9.96. The first kappa shape index (κ1) is 32.2. The van der Waals surface area contributed by atoms with Gasteiger partial charge in [0.05, 0.1) is 0 Å². The van der Waals surface area contributed by atoms with Crippen LogP contribution in [0.25, 0.3) is 119 Å². The average Bonchev–Trinajstić information content (AvgIpc) is 3.68. The van der Waals surface area contributed by atoms with Crippen molar-refractivity contribution in [1.29, 1.82) is 0 Å². The van der Waals surface area contributed by atoms with Gasteiger partial charge in [0.25, 0.3) is 0 Å². The lowest BCUT2D eigenvalue weighted by Crippen LogP contribution is -1.91. The molecule has 264 valence electrons. The van der Waals surface area contributed by atoms with Crippen LogP contribution in [0, 0.1) is 0 Å². The van der Waals surface area contributed by atoms with E-state index >= 15 is 0 Å². The summed E-state index contributed by atoms with van der Waals surface area (Å²) in [6.45, 7) is 0. The van der Waals surface area contributed by atoms with Crippen molar-refractivity contribution in [3.63, 3.8) is 0 Å². The molecule has 11 aromatic carbocycles. The molecular weight excluding hydrogens is 705 g/mol. The van der Waals surface area contributed by atoms with Gasteiger partial charge in [0.1, 0.15) is 0 Å². The van der Waals surface area contributed by atoms with Gasteiger partial charge in [-0.3, -0.25) is 0 Å². The number of hydrogen-bond donors (Lipinski definition) is 0. The normalized spacial score (nSPS) is 11.9. The van der Waals surface area contributed by atoms with E-state index in [4.69, 9.17) is 0 Å². The van der Waals surface area contributed by atoms with Gasteiger partial charge in [-0.15, -0.1) is 11.3 Å². The van der Waals surface area contributed by atoms with Crippen LogP contribution in [0.1, 0.15) is 0 Å². The second kappa shape index (κ2) is 12.7. The van der Waals surface area contributed by atoms with Crippen LogP contribution in [0.15, 0.2) is 206 Å². The average molecular weight is 739 g/mol. The second-order valence-electron chi connectivity index (χ2n) is 15.1. The molecule has 0 unspecified atom stereocenters. The molecule has 12 rings (SSSR count). The summed E-state index contributed by atoms with van der Waals surface area (Å²) in [6.07, 6.45) is 0. The molecule has 1 heteroatoms. The zero-order valence-corrected chi connectivity index (χ0v) is 31.9. The Kier molecular flexibility index (Phi) is 7.20. The lowest BCUT2D eigenvalue weighted by molar-refractivity contribution is 1.62. The molecule has 57 heavy (non-hydrogen) atoms. The van der Waals surface area contributed by atoms with Crippen molar-refractivity contribution in [1.82, 2.24) is 0 Å². The lowest BCUT2D eigenvalue weighted by atomic mass is 9.85. The SMILES string of the molecule is c1cc(-c2ccc3c(c2)sc2c4ccccc4c4ccccc4c32)cc(-c2c3ccccc3c(-c3ccc(-c4cccc5ccccc45)cc3)c3ccccc23)c1. The fraction of sp³-hybridized carbons (Fsp3) is 0. The fourth-order valence-corrected chi connectivity index (χ4v) is 10.8. The Bertz CT molecular complexity index is 3510. The van der Waals surface area contributed by atoms with Gasteiger partial charge in [-0.25, -0.2) is 0 Å². The van der Waals surface area contributed by atoms with Crippen molar-refractivity contribution in [2.24, 2.45) is 0 Å². The zero-order valence-electron chi connectivity index (χ0n) is 31.0. The van der Waals surface area contributed by atoms with Crippen molar-refractivity contribution in [3.8, 4) is 44.5 Å². The molecular formula is C56H34S. The molecule has 0 N–H and O–H groups in total. The third kappa shape index (κ3) is 4.99. The summed E-state index contributed by atoms with van der Waals surface area (Å²) < 4.78 is 2.69. The highest BCUT2D eigenvalue weighted by Crippen LogP contribution is 2.47. The predicted molar refractivity (Wildman–Crippen MR) is 249 cm³/mol. The Morgan fingerprint density at radius 2 is 0.737 bits per heavy atom. The standard InChI is InChI=1S/C56H34S/c1-2-17-41-35(13-1)14-12-26-42(41)36-27-29-37(30-28-36)53-46-21-6-8-23-48(46)54(49-24-9-7-22-47(49)53)40-16-11-15-38(33-40)39-31-32-51-52(34-39)57-56-50-25-10-4-19-44(50)43-18-3-5-20-45(43)55(51)56/h1-34H. The molecule has 12 aromatic rings. The van der Waals surface area contributed by atoms with Crippen molar-refractivity contribution < 1.29 is 0 Å². The molecule has 0 saturated heterocycles. The molecule has 0 amide bonds. The van der Waals surface area contributed by atoms with Gasteiger partial charge in [-0.2, -0.15) is 0 Å². The molecule has 0 saturated carbocycles. The Morgan fingerprint density at radius 1 is 0.263 bits per heavy atom. The minimum absolute atomic E-state index is 1.22. The lowest BCUT2D eigenvalue weighted by Gasteiger charge is -2.18. The van der Waals surface area contributed by atoms with Crippen molar-refractivity contribution in [2.45, 2.75) is 0 Å². The first-order valence-corrected chi connectivity index (χ1v) is 20.5. The second-order valence-corrected chi connectivity index (χ2v) is 16.2. The number of thiophene rings is 1. The number of rotatable bonds is 4. The fourth-order valence-electron chi connectivity index (χ4n) is 9.48. The minimum Gasteiger partial charge on any atom is -0.134 e. The van der Waals surface area contributed by atoms with E-state index in [0.717, 1.165) is 0 Å². The largest absolute Gasteiger partial charge is 0.134 e. The molecule has 0 aliphatic carbocycles. The summed E-state index contributed by atoms with van der Waals surface area (Å²) in [5.74, 6) is 0. The quantitative estimate of drug-likeness (QED) is 0.125. The molecule has 1 heterocycles. The van der Waals surface area contributed by atoms with Gasteiger partial charge < -0.3 is 0 Å². The van der Waals surface area contributed by atoms with Crippen LogP contribution in [0.4, 0.5) is 0 Å². The highest BCUT2D eigenvalue weighted by atomic mass is 32.1. The van der Waals surface area contributed by atoms with E-state index in [-0.39, 0.29) is 0 Å². The van der Waals surface area contributed by atoms with Crippen LogP contribution >= 0.6 is 11.3 Å². The van der Waals surface area contributed by atoms with E-state index < -0.39 is 0 Å². The topological polar surface area (TPSA) is 0 Å². The van der Waals surface area contributed by atoms with Crippen molar-refractivity contribution in [3.05, 3.63) is 206 Å². The van der Waals surface area contributed by atoms with E-state index in [1.807, 2.05) is 11.3 Å².